The molecule has 0 N–H and O–H groups in total. The third-order valence-electron chi connectivity index (χ3n) is 1.99. The van der Waals surface area contributed by atoms with Crippen molar-refractivity contribution in [2.75, 3.05) is 25.0 Å². The molecular weight excluding hydrogens is 240 g/mol. The maximum atomic E-state index is 11.8. The SMILES string of the molecule is CCC(CCl)(CCl)COCC(F)(F)F. The highest BCUT2D eigenvalue weighted by Crippen LogP contribution is 2.27. The Morgan fingerprint density at radius 1 is 1.07 bits per heavy atom. The van der Waals surface area contributed by atoms with Crippen molar-refractivity contribution in [3.05, 3.63) is 0 Å². The average Bonchev–Trinajstić information content (AvgIpc) is 2.11. The monoisotopic (exact) mass is 252 g/mol. The van der Waals surface area contributed by atoms with Crippen molar-refractivity contribution >= 4 is 23.2 Å². The van der Waals surface area contributed by atoms with Crippen molar-refractivity contribution < 1.29 is 17.9 Å². The van der Waals surface area contributed by atoms with Gasteiger partial charge in [-0.3, -0.25) is 0 Å². The first-order valence-electron chi connectivity index (χ1n) is 4.15. The van der Waals surface area contributed by atoms with Crippen LogP contribution >= 0.6 is 23.2 Å². The van der Waals surface area contributed by atoms with Crippen LogP contribution in [-0.4, -0.2) is 31.2 Å². The molecule has 0 aliphatic carbocycles. The van der Waals surface area contributed by atoms with Crippen LogP contribution in [0.3, 0.4) is 0 Å². The maximum Gasteiger partial charge on any atom is 0.411 e. The van der Waals surface area contributed by atoms with Gasteiger partial charge >= 0.3 is 6.18 Å². The molecule has 0 spiro atoms. The van der Waals surface area contributed by atoms with Gasteiger partial charge in [-0.1, -0.05) is 6.92 Å². The molecule has 0 aliphatic heterocycles. The molecule has 0 saturated heterocycles. The topological polar surface area (TPSA) is 9.23 Å². The Hall–Kier alpha value is 0.330. The predicted molar refractivity (Wildman–Crippen MR) is 51.0 cm³/mol. The zero-order chi connectivity index (χ0) is 11.2. The molecule has 0 saturated carbocycles. The zero-order valence-corrected chi connectivity index (χ0v) is 9.35. The minimum absolute atomic E-state index is 0.0595. The van der Waals surface area contributed by atoms with Crippen LogP contribution in [0.2, 0.25) is 0 Å². The van der Waals surface area contributed by atoms with Crippen LogP contribution in [0.15, 0.2) is 0 Å². The van der Waals surface area contributed by atoms with E-state index in [4.69, 9.17) is 23.2 Å². The maximum absolute atomic E-state index is 11.8. The summed E-state index contributed by atoms with van der Waals surface area (Å²) in [5.74, 6) is 0.399. The summed E-state index contributed by atoms with van der Waals surface area (Å²) in [6.07, 6.45) is -3.70. The summed E-state index contributed by atoms with van der Waals surface area (Å²) in [5, 5.41) is 0. The third-order valence-corrected chi connectivity index (χ3v) is 3.12. The lowest BCUT2D eigenvalue weighted by molar-refractivity contribution is -0.179. The smallest absolute Gasteiger partial charge is 0.371 e. The van der Waals surface area contributed by atoms with E-state index in [1.165, 1.54) is 0 Å². The molecule has 0 aromatic rings. The van der Waals surface area contributed by atoms with Crippen LogP contribution in [0, 0.1) is 5.41 Å². The predicted octanol–water partition coefficient (Wildman–Crippen LogP) is 3.44. The van der Waals surface area contributed by atoms with Gasteiger partial charge < -0.3 is 4.74 Å². The fourth-order valence-electron chi connectivity index (χ4n) is 0.787. The van der Waals surface area contributed by atoms with Gasteiger partial charge in [-0.2, -0.15) is 13.2 Å². The van der Waals surface area contributed by atoms with Crippen LogP contribution < -0.4 is 0 Å². The summed E-state index contributed by atoms with van der Waals surface area (Å²) in [4.78, 5) is 0. The highest BCUT2D eigenvalue weighted by atomic mass is 35.5. The van der Waals surface area contributed by atoms with Crippen LogP contribution in [0.5, 0.6) is 0 Å². The molecule has 0 atom stereocenters. The number of alkyl halides is 5. The Labute approximate surface area is 91.5 Å². The van der Waals surface area contributed by atoms with E-state index in [0.29, 0.717) is 6.42 Å². The summed E-state index contributed by atoms with van der Waals surface area (Å²) in [5.41, 5.74) is -0.547. The molecule has 0 rings (SSSR count). The molecule has 0 aromatic heterocycles. The lowest BCUT2D eigenvalue weighted by Gasteiger charge is -2.27. The summed E-state index contributed by atoms with van der Waals surface area (Å²) in [6.45, 7) is 0.514. The first-order valence-corrected chi connectivity index (χ1v) is 5.22. The van der Waals surface area contributed by atoms with E-state index in [0.717, 1.165) is 0 Å². The average molecular weight is 253 g/mol. The van der Waals surface area contributed by atoms with Gasteiger partial charge in [0.1, 0.15) is 6.61 Å². The van der Waals surface area contributed by atoms with E-state index in [9.17, 15) is 13.2 Å². The molecular formula is C8H13Cl2F3O. The quantitative estimate of drug-likeness (QED) is 0.659. The number of halogens is 5. The van der Waals surface area contributed by atoms with E-state index in [-0.39, 0.29) is 18.4 Å². The summed E-state index contributed by atoms with van der Waals surface area (Å²) in [6, 6.07) is 0. The van der Waals surface area contributed by atoms with Gasteiger partial charge in [0, 0.05) is 17.2 Å². The van der Waals surface area contributed by atoms with Gasteiger partial charge in [-0.15, -0.1) is 23.2 Å². The molecule has 6 heteroatoms. The van der Waals surface area contributed by atoms with Gasteiger partial charge in [0.15, 0.2) is 0 Å². The lowest BCUT2D eigenvalue weighted by atomic mass is 9.91. The molecule has 14 heavy (non-hydrogen) atoms. The second kappa shape index (κ2) is 6.03. The molecule has 0 radical (unpaired) electrons. The Morgan fingerprint density at radius 3 is 1.86 bits per heavy atom. The molecule has 0 fully saturated rings. The second-order valence-electron chi connectivity index (χ2n) is 3.23. The van der Waals surface area contributed by atoms with Gasteiger partial charge in [0.05, 0.1) is 6.61 Å². The first kappa shape index (κ1) is 14.3. The van der Waals surface area contributed by atoms with E-state index < -0.39 is 18.2 Å². The fourth-order valence-corrected chi connectivity index (χ4v) is 1.61. The Balaban J connectivity index is 3.95. The molecule has 0 aromatic carbocycles. The van der Waals surface area contributed by atoms with Gasteiger partial charge in [0.2, 0.25) is 0 Å². The van der Waals surface area contributed by atoms with Crippen molar-refractivity contribution in [2.45, 2.75) is 19.5 Å². The standard InChI is InChI=1S/C8H13Cl2F3O/c1-2-7(3-9,4-10)5-14-6-8(11,12)13/h2-6H2,1H3. The summed E-state index contributed by atoms with van der Waals surface area (Å²) >= 11 is 11.3. The molecule has 0 amide bonds. The number of hydrogen-bond acceptors (Lipinski definition) is 1. The zero-order valence-electron chi connectivity index (χ0n) is 7.83. The van der Waals surface area contributed by atoms with Crippen LogP contribution in [0.25, 0.3) is 0 Å². The Bertz CT molecular complexity index is 149. The van der Waals surface area contributed by atoms with Gasteiger partial charge in [-0.05, 0) is 6.42 Å². The lowest BCUT2D eigenvalue weighted by Crippen LogP contribution is -2.32. The molecule has 0 unspecified atom stereocenters. The minimum Gasteiger partial charge on any atom is -0.371 e. The van der Waals surface area contributed by atoms with Crippen LogP contribution in [0.4, 0.5) is 13.2 Å². The highest BCUT2D eigenvalue weighted by Gasteiger charge is 2.31. The second-order valence-corrected chi connectivity index (χ2v) is 3.76. The molecule has 86 valence electrons. The first-order chi connectivity index (χ1) is 6.39. The fraction of sp³-hybridized carbons (Fsp3) is 1.00. The molecule has 0 bridgehead atoms. The molecule has 1 nitrogen and oxygen atoms in total. The van der Waals surface area contributed by atoms with Crippen molar-refractivity contribution in [1.82, 2.24) is 0 Å². The van der Waals surface area contributed by atoms with Gasteiger partial charge in [-0.25, -0.2) is 0 Å². The van der Waals surface area contributed by atoms with Gasteiger partial charge in [0.25, 0.3) is 0 Å². The summed E-state index contributed by atoms with van der Waals surface area (Å²) < 4.78 is 39.8. The van der Waals surface area contributed by atoms with E-state index in [1.54, 1.807) is 0 Å². The number of hydrogen-bond donors (Lipinski definition) is 0. The summed E-state index contributed by atoms with van der Waals surface area (Å²) in [7, 11) is 0. The molecule has 0 heterocycles. The largest absolute Gasteiger partial charge is 0.411 e. The Morgan fingerprint density at radius 2 is 1.57 bits per heavy atom. The van der Waals surface area contributed by atoms with E-state index in [1.807, 2.05) is 6.92 Å². The minimum atomic E-state index is -4.29. The van der Waals surface area contributed by atoms with Crippen LogP contribution in [0.1, 0.15) is 13.3 Å². The number of ether oxygens (including phenoxy) is 1. The third kappa shape index (κ3) is 5.27. The van der Waals surface area contributed by atoms with E-state index in [2.05, 4.69) is 4.74 Å². The normalized spacial score (nSPS) is 13.3. The van der Waals surface area contributed by atoms with Crippen molar-refractivity contribution in [1.29, 1.82) is 0 Å². The Kier molecular flexibility index (Phi) is 6.17. The van der Waals surface area contributed by atoms with E-state index >= 15 is 0 Å². The van der Waals surface area contributed by atoms with Crippen molar-refractivity contribution in [3.63, 3.8) is 0 Å². The van der Waals surface area contributed by atoms with Crippen molar-refractivity contribution in [2.24, 2.45) is 5.41 Å². The highest BCUT2D eigenvalue weighted by molar-refractivity contribution is 6.21. The number of rotatable bonds is 6. The molecule has 0 aliphatic rings. The van der Waals surface area contributed by atoms with Crippen molar-refractivity contribution in [3.8, 4) is 0 Å². The van der Waals surface area contributed by atoms with Crippen LogP contribution in [-0.2, 0) is 4.74 Å².